The fraction of sp³-hybridized carbons (Fsp3) is 0.316. The van der Waals surface area contributed by atoms with Gasteiger partial charge in [-0.3, -0.25) is 9.69 Å². The van der Waals surface area contributed by atoms with E-state index in [1.807, 2.05) is 55.5 Å². The first-order valence-electron chi connectivity index (χ1n) is 7.94. The fourth-order valence-electron chi connectivity index (χ4n) is 2.45. The second-order valence-electron chi connectivity index (χ2n) is 5.40. The van der Waals surface area contributed by atoms with E-state index in [4.69, 9.17) is 9.47 Å². The highest BCUT2D eigenvalue weighted by Gasteiger charge is 2.12. The minimum absolute atomic E-state index is 0.0655. The quantitative estimate of drug-likeness (QED) is 0.809. The molecule has 2 aromatic carbocycles. The fourth-order valence-corrected chi connectivity index (χ4v) is 2.45. The Hall–Kier alpha value is -2.53. The highest BCUT2D eigenvalue weighted by Crippen LogP contribution is 2.23. The number of hydrogen-bond donors (Lipinski definition) is 1. The Morgan fingerprint density at radius 2 is 1.88 bits per heavy atom. The molecular weight excluding hydrogens is 304 g/mol. The number of likely N-dealkylation sites (N-methyl/N-ethyl adjacent to an activating group) is 1. The van der Waals surface area contributed by atoms with Crippen molar-refractivity contribution < 1.29 is 14.3 Å². The van der Waals surface area contributed by atoms with E-state index in [-0.39, 0.29) is 5.91 Å². The molecule has 128 valence electrons. The van der Waals surface area contributed by atoms with Crippen LogP contribution in [-0.4, -0.2) is 38.1 Å². The van der Waals surface area contributed by atoms with Gasteiger partial charge in [-0.2, -0.15) is 0 Å². The lowest BCUT2D eigenvalue weighted by Gasteiger charge is -2.20. The summed E-state index contributed by atoms with van der Waals surface area (Å²) >= 11 is 0. The predicted molar refractivity (Wildman–Crippen MR) is 95.6 cm³/mol. The average Bonchev–Trinajstić information content (AvgIpc) is 2.61. The SMILES string of the molecule is CCN(CC(=O)Nc1ccccc1OC)Cc1cccc(OC)c1. The smallest absolute Gasteiger partial charge is 0.238 e. The first kappa shape index (κ1) is 17.8. The van der Waals surface area contributed by atoms with Crippen molar-refractivity contribution in [3.63, 3.8) is 0 Å². The Balaban J connectivity index is 1.97. The maximum atomic E-state index is 12.3. The van der Waals surface area contributed by atoms with Crippen LogP contribution in [0.3, 0.4) is 0 Å². The van der Waals surface area contributed by atoms with E-state index in [1.165, 1.54) is 0 Å². The van der Waals surface area contributed by atoms with Crippen molar-refractivity contribution in [1.29, 1.82) is 0 Å². The van der Waals surface area contributed by atoms with Gasteiger partial charge in [0.15, 0.2) is 0 Å². The summed E-state index contributed by atoms with van der Waals surface area (Å²) in [6.45, 7) is 3.81. The zero-order valence-electron chi connectivity index (χ0n) is 14.4. The standard InChI is InChI=1S/C19H24N2O3/c1-4-21(13-15-8-7-9-16(12-15)23-2)14-19(22)20-17-10-5-6-11-18(17)24-3/h5-12H,4,13-14H2,1-3H3,(H,20,22). The van der Waals surface area contributed by atoms with E-state index >= 15 is 0 Å². The van der Waals surface area contributed by atoms with Crippen LogP contribution in [0.4, 0.5) is 5.69 Å². The van der Waals surface area contributed by atoms with E-state index in [0.717, 1.165) is 17.9 Å². The van der Waals surface area contributed by atoms with Crippen LogP contribution >= 0.6 is 0 Å². The minimum Gasteiger partial charge on any atom is -0.497 e. The number of nitrogens with zero attached hydrogens (tertiary/aromatic N) is 1. The van der Waals surface area contributed by atoms with Crippen molar-refractivity contribution in [3.8, 4) is 11.5 Å². The van der Waals surface area contributed by atoms with Crippen molar-refractivity contribution in [2.24, 2.45) is 0 Å². The zero-order valence-corrected chi connectivity index (χ0v) is 14.4. The van der Waals surface area contributed by atoms with E-state index in [2.05, 4.69) is 10.2 Å². The number of carbonyl (C=O) groups excluding carboxylic acids is 1. The highest BCUT2D eigenvalue weighted by atomic mass is 16.5. The van der Waals surface area contributed by atoms with Crippen LogP contribution < -0.4 is 14.8 Å². The largest absolute Gasteiger partial charge is 0.497 e. The van der Waals surface area contributed by atoms with Crippen LogP contribution in [0, 0.1) is 0 Å². The Kier molecular flexibility index (Phi) is 6.63. The summed E-state index contributed by atoms with van der Waals surface area (Å²) in [7, 11) is 3.24. The second-order valence-corrected chi connectivity index (χ2v) is 5.40. The van der Waals surface area contributed by atoms with Gasteiger partial charge in [0, 0.05) is 6.54 Å². The van der Waals surface area contributed by atoms with Gasteiger partial charge in [0.05, 0.1) is 26.5 Å². The lowest BCUT2D eigenvalue weighted by Crippen LogP contribution is -2.32. The Bertz CT molecular complexity index is 673. The first-order valence-corrected chi connectivity index (χ1v) is 7.94. The van der Waals surface area contributed by atoms with Crippen LogP contribution in [0.1, 0.15) is 12.5 Å². The molecule has 0 atom stereocenters. The summed E-state index contributed by atoms with van der Waals surface area (Å²) in [5, 5.41) is 2.90. The number of ether oxygens (including phenoxy) is 2. The van der Waals surface area contributed by atoms with E-state index < -0.39 is 0 Å². The summed E-state index contributed by atoms with van der Waals surface area (Å²) in [5.41, 5.74) is 1.80. The lowest BCUT2D eigenvalue weighted by atomic mass is 10.2. The van der Waals surface area contributed by atoms with E-state index in [1.54, 1.807) is 14.2 Å². The normalized spacial score (nSPS) is 10.5. The maximum Gasteiger partial charge on any atom is 0.238 e. The molecule has 24 heavy (non-hydrogen) atoms. The molecular formula is C19H24N2O3. The molecule has 1 N–H and O–H groups in total. The second kappa shape index (κ2) is 8.93. The molecule has 0 radical (unpaired) electrons. The molecule has 0 heterocycles. The highest BCUT2D eigenvalue weighted by molar-refractivity contribution is 5.93. The van der Waals surface area contributed by atoms with Gasteiger partial charge in [-0.25, -0.2) is 0 Å². The summed E-state index contributed by atoms with van der Waals surface area (Å²) in [6.07, 6.45) is 0. The number of para-hydroxylation sites is 2. The summed E-state index contributed by atoms with van der Waals surface area (Å²) < 4.78 is 10.5. The number of carbonyl (C=O) groups is 1. The van der Waals surface area contributed by atoms with Crippen LogP contribution in [0.25, 0.3) is 0 Å². The number of anilines is 1. The zero-order chi connectivity index (χ0) is 17.4. The van der Waals surface area contributed by atoms with Crippen molar-refractivity contribution in [2.75, 3.05) is 32.6 Å². The van der Waals surface area contributed by atoms with Gasteiger partial charge in [-0.1, -0.05) is 31.2 Å². The maximum absolute atomic E-state index is 12.3. The van der Waals surface area contributed by atoms with Crippen LogP contribution in [0.15, 0.2) is 48.5 Å². The molecule has 0 aromatic heterocycles. The van der Waals surface area contributed by atoms with Gasteiger partial charge in [-0.05, 0) is 36.4 Å². The van der Waals surface area contributed by atoms with Gasteiger partial charge in [0.2, 0.25) is 5.91 Å². The summed E-state index contributed by atoms with van der Waals surface area (Å²) in [6, 6.07) is 15.3. The van der Waals surface area contributed by atoms with Gasteiger partial charge in [0.25, 0.3) is 0 Å². The molecule has 5 heteroatoms. The number of methoxy groups -OCH3 is 2. The molecule has 0 spiro atoms. The molecule has 0 aliphatic carbocycles. The Morgan fingerprint density at radius 1 is 1.08 bits per heavy atom. The third-order valence-corrected chi connectivity index (χ3v) is 3.74. The monoisotopic (exact) mass is 328 g/mol. The molecule has 0 aliphatic heterocycles. The van der Waals surface area contributed by atoms with Crippen molar-refractivity contribution in [3.05, 3.63) is 54.1 Å². The van der Waals surface area contributed by atoms with Crippen molar-refractivity contribution in [2.45, 2.75) is 13.5 Å². The van der Waals surface area contributed by atoms with Crippen molar-refractivity contribution >= 4 is 11.6 Å². The Labute approximate surface area is 143 Å². The predicted octanol–water partition coefficient (Wildman–Crippen LogP) is 3.16. The molecule has 0 unspecified atom stereocenters. The minimum atomic E-state index is -0.0655. The van der Waals surface area contributed by atoms with Crippen molar-refractivity contribution in [1.82, 2.24) is 4.90 Å². The molecule has 2 aromatic rings. The third-order valence-electron chi connectivity index (χ3n) is 3.74. The van der Waals surface area contributed by atoms with Crippen LogP contribution in [-0.2, 0) is 11.3 Å². The molecule has 0 saturated heterocycles. The molecule has 5 nitrogen and oxygen atoms in total. The Morgan fingerprint density at radius 3 is 2.58 bits per heavy atom. The molecule has 0 aliphatic rings. The number of rotatable bonds is 8. The van der Waals surface area contributed by atoms with Crippen LogP contribution in [0.2, 0.25) is 0 Å². The van der Waals surface area contributed by atoms with Gasteiger partial charge in [-0.15, -0.1) is 0 Å². The van der Waals surface area contributed by atoms with E-state index in [9.17, 15) is 4.79 Å². The van der Waals surface area contributed by atoms with Gasteiger partial charge in [0.1, 0.15) is 11.5 Å². The summed E-state index contributed by atoms with van der Waals surface area (Å²) in [5.74, 6) is 1.41. The number of benzene rings is 2. The molecule has 0 fully saturated rings. The number of amides is 1. The number of nitrogens with one attached hydrogen (secondary N) is 1. The van der Waals surface area contributed by atoms with E-state index in [0.29, 0.717) is 24.5 Å². The van der Waals surface area contributed by atoms with Gasteiger partial charge < -0.3 is 14.8 Å². The lowest BCUT2D eigenvalue weighted by molar-refractivity contribution is -0.117. The molecule has 2 rings (SSSR count). The molecule has 1 amide bonds. The first-order chi connectivity index (χ1) is 11.7. The third kappa shape index (κ3) is 4.99. The topological polar surface area (TPSA) is 50.8 Å². The molecule has 0 saturated carbocycles. The average molecular weight is 328 g/mol. The molecule has 0 bridgehead atoms. The number of hydrogen-bond acceptors (Lipinski definition) is 4. The summed E-state index contributed by atoms with van der Waals surface area (Å²) in [4.78, 5) is 14.4. The van der Waals surface area contributed by atoms with Crippen LogP contribution in [0.5, 0.6) is 11.5 Å². The van der Waals surface area contributed by atoms with Gasteiger partial charge >= 0.3 is 0 Å².